The lowest BCUT2D eigenvalue weighted by Crippen LogP contribution is -2.03. The average molecular weight is 222 g/mol. The van der Waals surface area contributed by atoms with E-state index in [2.05, 4.69) is 14.7 Å². The Labute approximate surface area is 90.9 Å². The summed E-state index contributed by atoms with van der Waals surface area (Å²) in [7, 11) is 1.35. The monoisotopic (exact) mass is 222 g/mol. The van der Waals surface area contributed by atoms with Gasteiger partial charge in [0.15, 0.2) is 5.69 Å². The summed E-state index contributed by atoms with van der Waals surface area (Å²) in [5, 5.41) is 3.93. The van der Waals surface area contributed by atoms with Crippen molar-refractivity contribution in [3.8, 4) is 11.4 Å². The highest BCUT2D eigenvalue weighted by Gasteiger charge is 2.15. The van der Waals surface area contributed by atoms with E-state index in [1.807, 2.05) is 16.8 Å². The first kappa shape index (κ1) is 9.92. The molecule has 15 heavy (non-hydrogen) atoms. The highest BCUT2D eigenvalue weighted by Crippen LogP contribution is 2.20. The molecule has 4 nitrogen and oxygen atoms in total. The van der Waals surface area contributed by atoms with Crippen LogP contribution in [0.3, 0.4) is 0 Å². The van der Waals surface area contributed by atoms with Gasteiger partial charge < -0.3 is 9.72 Å². The number of aromatic amines is 1. The van der Waals surface area contributed by atoms with Gasteiger partial charge in [-0.3, -0.25) is 0 Å². The average Bonchev–Trinajstić information content (AvgIpc) is 2.84. The number of aryl methyl sites for hydroxylation is 1. The maximum atomic E-state index is 11.3. The number of nitrogens with zero attached hydrogens (tertiary/aromatic N) is 1. The number of carbonyl (C=O) groups excluding carboxylic acids is 1. The Morgan fingerprint density at radius 2 is 2.40 bits per heavy atom. The lowest BCUT2D eigenvalue weighted by Gasteiger charge is -1.93. The number of methoxy groups -OCH3 is 1. The molecule has 0 aromatic carbocycles. The molecule has 0 atom stereocenters. The second-order valence-corrected chi connectivity index (χ2v) is 3.84. The van der Waals surface area contributed by atoms with Crippen LogP contribution in [-0.2, 0) is 4.74 Å². The zero-order valence-corrected chi connectivity index (χ0v) is 9.22. The minimum atomic E-state index is -0.412. The Kier molecular flexibility index (Phi) is 2.55. The van der Waals surface area contributed by atoms with Gasteiger partial charge in [-0.05, 0) is 18.4 Å². The fraction of sp³-hybridized carbons (Fsp3) is 0.200. The summed E-state index contributed by atoms with van der Waals surface area (Å²) in [6.07, 6.45) is 0. The van der Waals surface area contributed by atoms with Crippen LogP contribution in [0.5, 0.6) is 0 Å². The Morgan fingerprint density at radius 3 is 3.00 bits per heavy atom. The lowest BCUT2D eigenvalue weighted by atomic mass is 10.3. The number of carbonyl (C=O) groups is 1. The highest BCUT2D eigenvalue weighted by molar-refractivity contribution is 7.08. The third kappa shape index (κ3) is 1.78. The lowest BCUT2D eigenvalue weighted by molar-refractivity contribution is 0.0594. The second-order valence-electron chi connectivity index (χ2n) is 3.06. The SMILES string of the molecule is COC(=O)c1nc(-c2ccsc2)[nH]c1C. The van der Waals surface area contributed by atoms with Crippen LogP contribution in [0.15, 0.2) is 16.8 Å². The summed E-state index contributed by atoms with van der Waals surface area (Å²) in [5.74, 6) is 0.291. The van der Waals surface area contributed by atoms with E-state index in [9.17, 15) is 4.79 Å². The molecule has 78 valence electrons. The van der Waals surface area contributed by atoms with Crippen LogP contribution in [0.25, 0.3) is 11.4 Å². The molecule has 0 saturated heterocycles. The first-order valence-corrected chi connectivity index (χ1v) is 5.34. The molecule has 0 aliphatic rings. The van der Waals surface area contributed by atoms with E-state index < -0.39 is 5.97 Å². The number of hydrogen-bond donors (Lipinski definition) is 1. The van der Waals surface area contributed by atoms with Crippen molar-refractivity contribution in [3.63, 3.8) is 0 Å². The largest absolute Gasteiger partial charge is 0.464 e. The van der Waals surface area contributed by atoms with Crippen LogP contribution in [0.4, 0.5) is 0 Å². The fourth-order valence-electron chi connectivity index (χ4n) is 1.29. The standard InChI is InChI=1S/C10H10N2O2S/c1-6-8(10(13)14-2)12-9(11-6)7-3-4-15-5-7/h3-5H,1-2H3,(H,11,12). The Bertz CT molecular complexity index is 474. The highest BCUT2D eigenvalue weighted by atomic mass is 32.1. The van der Waals surface area contributed by atoms with Crippen LogP contribution in [0.2, 0.25) is 0 Å². The third-order valence-corrected chi connectivity index (χ3v) is 2.74. The molecule has 1 N–H and O–H groups in total. The van der Waals surface area contributed by atoms with Gasteiger partial charge in [0.2, 0.25) is 0 Å². The predicted octanol–water partition coefficient (Wildman–Crippen LogP) is 2.23. The number of aromatic nitrogens is 2. The van der Waals surface area contributed by atoms with Gasteiger partial charge in [-0.15, -0.1) is 0 Å². The van der Waals surface area contributed by atoms with Crippen molar-refractivity contribution in [2.24, 2.45) is 0 Å². The number of rotatable bonds is 2. The molecule has 5 heteroatoms. The van der Waals surface area contributed by atoms with Crippen molar-refractivity contribution in [1.29, 1.82) is 0 Å². The molecule has 0 fully saturated rings. The van der Waals surface area contributed by atoms with Gasteiger partial charge in [-0.1, -0.05) is 0 Å². The molecule has 0 aliphatic heterocycles. The summed E-state index contributed by atoms with van der Waals surface area (Å²) in [4.78, 5) is 18.6. The molecule has 0 spiro atoms. The van der Waals surface area contributed by atoms with Gasteiger partial charge in [0.25, 0.3) is 0 Å². The fourth-order valence-corrected chi connectivity index (χ4v) is 1.93. The van der Waals surface area contributed by atoms with E-state index in [0.29, 0.717) is 11.5 Å². The summed E-state index contributed by atoms with van der Waals surface area (Å²) < 4.78 is 4.63. The maximum Gasteiger partial charge on any atom is 0.358 e. The minimum Gasteiger partial charge on any atom is -0.464 e. The van der Waals surface area contributed by atoms with Gasteiger partial charge in [0.1, 0.15) is 5.82 Å². The van der Waals surface area contributed by atoms with Crippen molar-refractivity contribution in [3.05, 3.63) is 28.2 Å². The Hall–Kier alpha value is -1.62. The Balaban J connectivity index is 2.41. The molecular weight excluding hydrogens is 212 g/mol. The molecule has 2 heterocycles. The molecular formula is C10H10N2O2S. The smallest absolute Gasteiger partial charge is 0.358 e. The Morgan fingerprint density at radius 1 is 1.60 bits per heavy atom. The van der Waals surface area contributed by atoms with Crippen LogP contribution >= 0.6 is 11.3 Å². The molecule has 0 amide bonds. The van der Waals surface area contributed by atoms with Gasteiger partial charge >= 0.3 is 5.97 Å². The molecule has 2 aromatic rings. The summed E-state index contributed by atoms with van der Waals surface area (Å²) in [6, 6.07) is 1.95. The number of imidazole rings is 1. The van der Waals surface area contributed by atoms with E-state index in [0.717, 1.165) is 11.3 Å². The number of thiophene rings is 1. The van der Waals surface area contributed by atoms with Crippen molar-refractivity contribution in [1.82, 2.24) is 9.97 Å². The molecule has 2 rings (SSSR count). The van der Waals surface area contributed by atoms with Crippen molar-refractivity contribution in [2.45, 2.75) is 6.92 Å². The molecule has 0 unspecified atom stereocenters. The normalized spacial score (nSPS) is 10.3. The number of hydrogen-bond acceptors (Lipinski definition) is 4. The van der Waals surface area contributed by atoms with E-state index in [1.54, 1.807) is 18.3 Å². The van der Waals surface area contributed by atoms with Gasteiger partial charge in [0.05, 0.1) is 7.11 Å². The molecule has 0 saturated carbocycles. The number of ether oxygens (including phenoxy) is 1. The number of esters is 1. The van der Waals surface area contributed by atoms with E-state index in [-0.39, 0.29) is 0 Å². The van der Waals surface area contributed by atoms with Crippen molar-refractivity contribution < 1.29 is 9.53 Å². The zero-order valence-electron chi connectivity index (χ0n) is 8.40. The quantitative estimate of drug-likeness (QED) is 0.793. The second kappa shape index (κ2) is 3.86. The topological polar surface area (TPSA) is 55.0 Å². The van der Waals surface area contributed by atoms with Crippen LogP contribution in [0.1, 0.15) is 16.2 Å². The number of nitrogens with one attached hydrogen (secondary N) is 1. The molecule has 0 aliphatic carbocycles. The van der Waals surface area contributed by atoms with E-state index in [1.165, 1.54) is 7.11 Å². The predicted molar refractivity (Wildman–Crippen MR) is 58.0 cm³/mol. The molecule has 0 radical (unpaired) electrons. The van der Waals surface area contributed by atoms with Crippen molar-refractivity contribution in [2.75, 3.05) is 7.11 Å². The number of H-pyrrole nitrogens is 1. The van der Waals surface area contributed by atoms with Crippen molar-refractivity contribution >= 4 is 17.3 Å². The van der Waals surface area contributed by atoms with Crippen LogP contribution in [-0.4, -0.2) is 23.0 Å². The first-order chi connectivity index (χ1) is 7.22. The van der Waals surface area contributed by atoms with Gasteiger partial charge in [-0.25, -0.2) is 9.78 Å². The van der Waals surface area contributed by atoms with E-state index >= 15 is 0 Å². The van der Waals surface area contributed by atoms with E-state index in [4.69, 9.17) is 0 Å². The summed E-state index contributed by atoms with van der Waals surface area (Å²) >= 11 is 1.59. The summed E-state index contributed by atoms with van der Waals surface area (Å²) in [6.45, 7) is 1.80. The third-order valence-electron chi connectivity index (χ3n) is 2.06. The van der Waals surface area contributed by atoms with Crippen LogP contribution in [0, 0.1) is 6.92 Å². The molecule has 2 aromatic heterocycles. The summed E-state index contributed by atoms with van der Waals surface area (Å²) in [5.41, 5.74) is 2.06. The first-order valence-electron chi connectivity index (χ1n) is 4.40. The minimum absolute atomic E-state index is 0.346. The van der Waals surface area contributed by atoms with Gasteiger partial charge in [-0.2, -0.15) is 11.3 Å². The van der Waals surface area contributed by atoms with Gasteiger partial charge in [0, 0.05) is 16.6 Å². The molecule has 0 bridgehead atoms. The zero-order chi connectivity index (χ0) is 10.8. The maximum absolute atomic E-state index is 11.3. The van der Waals surface area contributed by atoms with Crippen LogP contribution < -0.4 is 0 Å².